The van der Waals surface area contributed by atoms with Crippen LogP contribution in [-0.2, 0) is 32.5 Å². The lowest BCUT2D eigenvalue weighted by Crippen LogP contribution is -2.48. The molecule has 4 aromatic rings. The number of nitrogens with zero attached hydrogens (tertiary/aromatic N) is 4. The van der Waals surface area contributed by atoms with E-state index in [1.54, 1.807) is 11.9 Å². The monoisotopic (exact) mass is 546 g/mol. The number of aliphatic hydroxyl groups is 1. The van der Waals surface area contributed by atoms with E-state index < -0.39 is 12.1 Å². The zero-order valence-electron chi connectivity index (χ0n) is 22.9. The van der Waals surface area contributed by atoms with Gasteiger partial charge in [0.1, 0.15) is 0 Å². The summed E-state index contributed by atoms with van der Waals surface area (Å²) in [5.41, 5.74) is 6.21. The molecule has 0 fully saturated rings. The molecule has 0 saturated heterocycles. The molecule has 0 unspecified atom stereocenters. The lowest BCUT2D eigenvalue weighted by Gasteiger charge is -2.25. The van der Waals surface area contributed by atoms with Crippen molar-refractivity contribution in [1.82, 2.24) is 25.0 Å². The molecule has 0 bridgehead atoms. The molecule has 39 heavy (non-hydrogen) atoms. The number of hydrogen-bond acceptors (Lipinski definition) is 6. The molecule has 8 nitrogen and oxygen atoms in total. The predicted molar refractivity (Wildman–Crippen MR) is 159 cm³/mol. The summed E-state index contributed by atoms with van der Waals surface area (Å²) >= 11 is 1.78. The molecule has 1 aliphatic rings. The summed E-state index contributed by atoms with van der Waals surface area (Å²) in [6.07, 6.45) is 6.83. The molecule has 2 aromatic carbocycles. The second-order valence-corrected chi connectivity index (χ2v) is 11.3. The van der Waals surface area contributed by atoms with Gasteiger partial charge in [-0.1, -0.05) is 30.3 Å². The minimum atomic E-state index is -0.773. The van der Waals surface area contributed by atoms with Crippen LogP contribution in [0.5, 0.6) is 0 Å². The van der Waals surface area contributed by atoms with Crippen molar-refractivity contribution >= 4 is 34.4 Å². The largest absolute Gasteiger partial charge is 0.390 e. The summed E-state index contributed by atoms with van der Waals surface area (Å²) in [6.45, 7) is 6.79. The van der Waals surface area contributed by atoms with Gasteiger partial charge in [0.2, 0.25) is 0 Å². The van der Waals surface area contributed by atoms with Crippen LogP contribution >= 0.6 is 11.9 Å². The Balaban J connectivity index is 1.37. The van der Waals surface area contributed by atoms with E-state index in [0.717, 1.165) is 47.6 Å². The average Bonchev–Trinajstić information content (AvgIpc) is 3.52. The number of carbonyl (C=O) groups is 1. The zero-order valence-corrected chi connectivity index (χ0v) is 23.7. The molecule has 3 heterocycles. The first-order valence-electron chi connectivity index (χ1n) is 13.7. The number of benzene rings is 2. The van der Waals surface area contributed by atoms with Crippen LogP contribution in [0.25, 0.3) is 10.9 Å². The van der Waals surface area contributed by atoms with Crippen LogP contribution in [0.15, 0.2) is 61.1 Å². The van der Waals surface area contributed by atoms with Gasteiger partial charge in [0.25, 0.3) is 5.91 Å². The Morgan fingerprint density at radius 2 is 1.95 bits per heavy atom. The van der Waals surface area contributed by atoms with Gasteiger partial charge in [-0.15, -0.1) is 0 Å². The molecule has 0 aliphatic carbocycles. The fraction of sp³-hybridized carbons (Fsp3) is 0.400. The molecule has 9 heteroatoms. The van der Waals surface area contributed by atoms with Gasteiger partial charge < -0.3 is 24.6 Å². The standard InChI is InChI=1S/C30H38N6O2S/c1-4-35-20-23-11-12-39-34(3)26-14-24(15-27(35)29(23)26)30(38)33-25(13-21-9-7-6-8-10-21)28(37)18-31-16-22-17-32-36(5-2)19-22/h6-10,14-15,17,19-20,25,28,31,37H,4-5,11-13,16,18H2,1-3H3,(H,33,38)/t25-,28+/m0/s1. The van der Waals surface area contributed by atoms with Crippen LogP contribution in [0.2, 0.25) is 0 Å². The molecule has 2 aromatic heterocycles. The summed E-state index contributed by atoms with van der Waals surface area (Å²) in [5, 5.41) is 23.3. The van der Waals surface area contributed by atoms with E-state index in [1.807, 2.05) is 59.5 Å². The maximum atomic E-state index is 13.7. The molecule has 0 radical (unpaired) electrons. The number of carbonyl (C=O) groups excluding carboxylic acids is 1. The van der Waals surface area contributed by atoms with Crippen molar-refractivity contribution in [3.63, 3.8) is 0 Å². The normalized spacial score (nSPS) is 14.8. The predicted octanol–water partition coefficient (Wildman–Crippen LogP) is 4.01. The Hall–Kier alpha value is -3.27. The quantitative estimate of drug-likeness (QED) is 0.247. The van der Waals surface area contributed by atoms with Crippen molar-refractivity contribution in [2.24, 2.45) is 0 Å². The molecule has 2 atom stereocenters. The van der Waals surface area contributed by atoms with Gasteiger partial charge in [0.05, 0.1) is 29.5 Å². The fourth-order valence-electron chi connectivity index (χ4n) is 5.26. The first-order chi connectivity index (χ1) is 19.0. The van der Waals surface area contributed by atoms with Crippen molar-refractivity contribution < 1.29 is 9.90 Å². The van der Waals surface area contributed by atoms with Crippen molar-refractivity contribution in [1.29, 1.82) is 0 Å². The fourth-order valence-corrected chi connectivity index (χ4v) is 6.13. The number of anilines is 1. The minimum Gasteiger partial charge on any atom is -0.390 e. The third-order valence-corrected chi connectivity index (χ3v) is 8.38. The van der Waals surface area contributed by atoms with Gasteiger partial charge in [-0.2, -0.15) is 5.10 Å². The van der Waals surface area contributed by atoms with Gasteiger partial charge in [0, 0.05) is 67.9 Å². The second-order valence-electron chi connectivity index (χ2n) is 10.1. The highest BCUT2D eigenvalue weighted by Gasteiger charge is 2.25. The van der Waals surface area contributed by atoms with Crippen molar-refractivity contribution in [2.45, 2.75) is 58.5 Å². The number of hydrogen-bond donors (Lipinski definition) is 3. The highest BCUT2D eigenvalue weighted by molar-refractivity contribution is 8.00. The molecule has 1 aliphatic heterocycles. The van der Waals surface area contributed by atoms with E-state index in [4.69, 9.17) is 0 Å². The molecule has 3 N–H and O–H groups in total. The lowest BCUT2D eigenvalue weighted by molar-refractivity contribution is 0.0830. The second kappa shape index (κ2) is 12.3. The number of aromatic nitrogens is 3. The van der Waals surface area contributed by atoms with E-state index in [9.17, 15) is 9.90 Å². The molecule has 206 valence electrons. The van der Waals surface area contributed by atoms with Crippen molar-refractivity contribution in [3.05, 3.63) is 83.3 Å². The molecule has 0 saturated carbocycles. The van der Waals surface area contributed by atoms with Crippen LogP contribution < -0.4 is 14.9 Å². The maximum Gasteiger partial charge on any atom is 0.251 e. The Morgan fingerprint density at radius 1 is 1.13 bits per heavy atom. The van der Waals surface area contributed by atoms with Crippen LogP contribution in [0, 0.1) is 0 Å². The van der Waals surface area contributed by atoms with Gasteiger partial charge in [-0.3, -0.25) is 9.48 Å². The van der Waals surface area contributed by atoms with Crippen molar-refractivity contribution in [3.8, 4) is 0 Å². The van der Waals surface area contributed by atoms with Crippen LogP contribution in [0.1, 0.15) is 40.9 Å². The highest BCUT2D eigenvalue weighted by Crippen LogP contribution is 2.38. The molecule has 0 spiro atoms. The van der Waals surface area contributed by atoms with E-state index in [2.05, 4.69) is 51.7 Å². The third kappa shape index (κ3) is 6.16. The topological polar surface area (TPSA) is 87.3 Å². The number of nitrogens with one attached hydrogen (secondary N) is 2. The van der Waals surface area contributed by atoms with Crippen LogP contribution in [0.3, 0.4) is 0 Å². The number of aryl methyl sites for hydroxylation is 3. The van der Waals surface area contributed by atoms with E-state index in [1.165, 1.54) is 10.9 Å². The van der Waals surface area contributed by atoms with Gasteiger partial charge >= 0.3 is 0 Å². The SMILES string of the molecule is CCn1cc(CNC[C@@H](O)[C@H](Cc2ccccc2)NC(=O)c2cc3c4c(cn(CC)c4c2)CCSN3C)cn1. The number of rotatable bonds is 11. The minimum absolute atomic E-state index is 0.176. The van der Waals surface area contributed by atoms with Crippen LogP contribution in [-0.4, -0.2) is 56.9 Å². The summed E-state index contributed by atoms with van der Waals surface area (Å²) in [6, 6.07) is 13.5. The summed E-state index contributed by atoms with van der Waals surface area (Å²) in [7, 11) is 2.07. The van der Waals surface area contributed by atoms with E-state index >= 15 is 0 Å². The van der Waals surface area contributed by atoms with Gasteiger partial charge in [-0.05, 0) is 61.9 Å². The Morgan fingerprint density at radius 3 is 2.69 bits per heavy atom. The summed E-state index contributed by atoms with van der Waals surface area (Å²) < 4.78 is 6.29. The van der Waals surface area contributed by atoms with Crippen LogP contribution in [0.4, 0.5) is 5.69 Å². The van der Waals surface area contributed by atoms with Crippen molar-refractivity contribution in [2.75, 3.05) is 23.7 Å². The molecule has 1 amide bonds. The first-order valence-corrected chi connectivity index (χ1v) is 14.7. The average molecular weight is 547 g/mol. The maximum absolute atomic E-state index is 13.7. The van der Waals surface area contributed by atoms with Gasteiger partial charge in [0.15, 0.2) is 0 Å². The molecule has 5 rings (SSSR count). The zero-order chi connectivity index (χ0) is 27.4. The lowest BCUT2D eigenvalue weighted by atomic mass is 10.00. The summed E-state index contributed by atoms with van der Waals surface area (Å²) in [5.74, 6) is 0.832. The Kier molecular flexibility index (Phi) is 8.60. The Labute approximate surface area is 234 Å². The van der Waals surface area contributed by atoms with Gasteiger partial charge in [-0.25, -0.2) is 0 Å². The van der Waals surface area contributed by atoms with E-state index in [-0.39, 0.29) is 5.91 Å². The Bertz CT molecular complexity index is 1420. The number of amides is 1. The van der Waals surface area contributed by atoms with E-state index in [0.29, 0.717) is 25.1 Å². The first kappa shape index (κ1) is 27.3. The number of aliphatic hydroxyl groups excluding tert-OH is 1. The smallest absolute Gasteiger partial charge is 0.251 e. The highest BCUT2D eigenvalue weighted by atomic mass is 32.2. The summed E-state index contributed by atoms with van der Waals surface area (Å²) in [4.78, 5) is 13.7. The molecular weight excluding hydrogens is 508 g/mol. The third-order valence-electron chi connectivity index (χ3n) is 7.41. The molecular formula is C30H38N6O2S.